The Kier molecular flexibility index (Phi) is 7.10. The molecular weight excluding hydrogens is 241 g/mol. The summed E-state index contributed by atoms with van der Waals surface area (Å²) in [5.74, 6) is 0.679. The average molecular weight is 257 g/mol. The monoisotopic (exact) mass is 255 g/mol. The fourth-order valence-corrected chi connectivity index (χ4v) is 1.91. The lowest BCUT2D eigenvalue weighted by Gasteiger charge is -2.09. The van der Waals surface area contributed by atoms with Gasteiger partial charge >= 0.3 is 0 Å². The van der Waals surface area contributed by atoms with Crippen LogP contribution in [-0.4, -0.2) is 24.2 Å². The summed E-state index contributed by atoms with van der Waals surface area (Å²) in [4.78, 5) is 11.2. The number of rotatable bonds is 2. The van der Waals surface area contributed by atoms with Crippen molar-refractivity contribution in [3.05, 3.63) is 0 Å². The molecule has 0 aromatic carbocycles. The van der Waals surface area contributed by atoms with Gasteiger partial charge in [0.25, 0.3) is 0 Å². The third-order valence-electron chi connectivity index (χ3n) is 2.16. The molecule has 1 saturated heterocycles. The highest BCUT2D eigenvalue weighted by Gasteiger charge is 2.17. The maximum Gasteiger partial charge on any atom is 0.146 e. The van der Waals surface area contributed by atoms with Crippen molar-refractivity contribution in [2.24, 2.45) is 5.92 Å². The molecule has 1 N–H and O–H groups in total. The van der Waals surface area contributed by atoms with Crippen LogP contribution in [0.1, 0.15) is 19.3 Å². The predicted octanol–water partition coefficient (Wildman–Crippen LogP) is 1.76. The first-order valence-electron chi connectivity index (χ1n) is 4.14. The molecule has 0 amide bonds. The molecule has 0 spiro atoms. The summed E-state index contributed by atoms with van der Waals surface area (Å²) >= 11 is 3.21. The summed E-state index contributed by atoms with van der Waals surface area (Å²) in [5.41, 5.74) is 0. The molecule has 2 nitrogen and oxygen atoms in total. The predicted molar refractivity (Wildman–Crippen MR) is 56.3 cm³/mol. The lowest BCUT2D eigenvalue weighted by atomic mass is 9.97. The van der Waals surface area contributed by atoms with Gasteiger partial charge in [-0.25, -0.2) is 0 Å². The van der Waals surface area contributed by atoms with Crippen molar-refractivity contribution in [1.82, 2.24) is 5.32 Å². The highest BCUT2D eigenvalue weighted by Crippen LogP contribution is 2.15. The zero-order valence-electron chi connectivity index (χ0n) is 7.01. The smallest absolute Gasteiger partial charge is 0.146 e. The largest absolute Gasteiger partial charge is 0.317 e. The quantitative estimate of drug-likeness (QED) is 0.763. The van der Waals surface area contributed by atoms with Crippen LogP contribution >= 0.6 is 28.3 Å². The molecule has 1 atom stereocenters. The van der Waals surface area contributed by atoms with E-state index in [0.717, 1.165) is 32.4 Å². The minimum Gasteiger partial charge on any atom is -0.317 e. The molecule has 0 aliphatic carbocycles. The highest BCUT2D eigenvalue weighted by atomic mass is 79.9. The fraction of sp³-hybridized carbons (Fsp3) is 0.875. The molecule has 0 bridgehead atoms. The number of carbonyl (C=O) groups excluding carboxylic acids is 1. The van der Waals surface area contributed by atoms with Gasteiger partial charge in [0.15, 0.2) is 0 Å². The second-order valence-corrected chi connectivity index (χ2v) is 3.54. The second-order valence-electron chi connectivity index (χ2n) is 2.98. The molecule has 1 heterocycles. The highest BCUT2D eigenvalue weighted by molar-refractivity contribution is 9.09. The lowest BCUT2D eigenvalue weighted by Crippen LogP contribution is -2.18. The Morgan fingerprint density at radius 2 is 2.17 bits per heavy atom. The minimum absolute atomic E-state index is 0. The van der Waals surface area contributed by atoms with E-state index in [2.05, 4.69) is 21.2 Å². The Bertz CT molecular complexity index is 135. The number of alkyl halides is 1. The van der Waals surface area contributed by atoms with Crippen molar-refractivity contribution in [3.63, 3.8) is 0 Å². The van der Waals surface area contributed by atoms with Gasteiger partial charge in [-0.3, -0.25) is 4.79 Å². The average Bonchev–Trinajstić information content (AvgIpc) is 2.30. The van der Waals surface area contributed by atoms with Crippen LogP contribution in [0.15, 0.2) is 0 Å². The molecule has 1 rings (SSSR count). The third-order valence-corrected chi connectivity index (χ3v) is 2.72. The van der Waals surface area contributed by atoms with Crippen molar-refractivity contribution in [1.29, 1.82) is 0 Å². The Morgan fingerprint density at radius 3 is 2.83 bits per heavy atom. The second kappa shape index (κ2) is 6.87. The van der Waals surface area contributed by atoms with Crippen LogP contribution in [0.5, 0.6) is 0 Å². The summed E-state index contributed by atoms with van der Waals surface area (Å²) in [7, 11) is 0. The molecule has 4 heteroatoms. The number of halogens is 2. The van der Waals surface area contributed by atoms with E-state index in [0.29, 0.717) is 17.0 Å². The first kappa shape index (κ1) is 12.4. The van der Waals surface area contributed by atoms with Gasteiger partial charge in [0.1, 0.15) is 5.78 Å². The number of nitrogens with one attached hydrogen (secondary N) is 1. The van der Waals surface area contributed by atoms with E-state index >= 15 is 0 Å². The van der Waals surface area contributed by atoms with Gasteiger partial charge in [0, 0.05) is 5.92 Å². The molecule has 0 radical (unpaired) electrons. The Balaban J connectivity index is 0.00000121. The van der Waals surface area contributed by atoms with Gasteiger partial charge in [0.05, 0.1) is 5.33 Å². The van der Waals surface area contributed by atoms with Crippen LogP contribution in [0.4, 0.5) is 0 Å². The van der Waals surface area contributed by atoms with E-state index < -0.39 is 0 Å². The lowest BCUT2D eigenvalue weighted by molar-refractivity contribution is -0.120. The van der Waals surface area contributed by atoms with Crippen LogP contribution < -0.4 is 5.32 Å². The number of Topliss-reactive ketones (excluding diaryl/α,β-unsaturated/α-hetero) is 1. The summed E-state index contributed by atoms with van der Waals surface area (Å²) in [6.07, 6.45) is 3.23. The standard InChI is InChI=1S/C8H14BrNO.ClH/c9-6-8(11)7-2-1-4-10-5-3-7;/h7,10H,1-6H2;1H. The Labute approximate surface area is 88.0 Å². The molecule has 72 valence electrons. The van der Waals surface area contributed by atoms with E-state index in [-0.39, 0.29) is 12.4 Å². The maximum absolute atomic E-state index is 11.2. The summed E-state index contributed by atoms with van der Waals surface area (Å²) in [5, 5.41) is 3.81. The van der Waals surface area contributed by atoms with Crippen molar-refractivity contribution in [2.75, 3.05) is 18.4 Å². The summed E-state index contributed by atoms with van der Waals surface area (Å²) in [6, 6.07) is 0. The summed E-state index contributed by atoms with van der Waals surface area (Å²) < 4.78 is 0. The van der Waals surface area contributed by atoms with Gasteiger partial charge in [-0.05, 0) is 32.4 Å². The molecular formula is C8H15BrClNO. The fourth-order valence-electron chi connectivity index (χ4n) is 1.45. The molecule has 1 aliphatic rings. The Morgan fingerprint density at radius 1 is 1.42 bits per heavy atom. The van der Waals surface area contributed by atoms with E-state index in [4.69, 9.17) is 0 Å². The number of carbonyl (C=O) groups is 1. The number of ketones is 1. The topological polar surface area (TPSA) is 29.1 Å². The van der Waals surface area contributed by atoms with E-state index in [1.807, 2.05) is 0 Å². The van der Waals surface area contributed by atoms with Crippen molar-refractivity contribution >= 4 is 34.1 Å². The van der Waals surface area contributed by atoms with Gasteiger partial charge in [-0.1, -0.05) is 15.9 Å². The Hall–Kier alpha value is 0.400. The zero-order valence-corrected chi connectivity index (χ0v) is 9.42. The van der Waals surface area contributed by atoms with E-state index in [9.17, 15) is 4.79 Å². The van der Waals surface area contributed by atoms with Crippen LogP contribution in [0.2, 0.25) is 0 Å². The van der Waals surface area contributed by atoms with Crippen molar-refractivity contribution in [2.45, 2.75) is 19.3 Å². The molecule has 1 aliphatic heterocycles. The molecule has 1 unspecified atom stereocenters. The normalized spacial score (nSPS) is 23.9. The molecule has 12 heavy (non-hydrogen) atoms. The van der Waals surface area contributed by atoms with E-state index in [1.54, 1.807) is 0 Å². The third kappa shape index (κ3) is 3.87. The zero-order chi connectivity index (χ0) is 8.10. The van der Waals surface area contributed by atoms with Gasteiger partial charge in [-0.2, -0.15) is 0 Å². The van der Waals surface area contributed by atoms with Crippen LogP contribution in [0.3, 0.4) is 0 Å². The van der Waals surface area contributed by atoms with Gasteiger partial charge in [0.2, 0.25) is 0 Å². The maximum atomic E-state index is 11.2. The van der Waals surface area contributed by atoms with Crippen molar-refractivity contribution in [3.8, 4) is 0 Å². The van der Waals surface area contributed by atoms with Gasteiger partial charge in [-0.15, -0.1) is 12.4 Å². The summed E-state index contributed by atoms with van der Waals surface area (Å²) in [6.45, 7) is 2.08. The number of hydrogen-bond acceptors (Lipinski definition) is 2. The molecule has 0 aromatic heterocycles. The number of hydrogen-bond donors (Lipinski definition) is 1. The first-order valence-corrected chi connectivity index (χ1v) is 5.26. The first-order chi connectivity index (χ1) is 5.34. The van der Waals surface area contributed by atoms with Crippen LogP contribution in [-0.2, 0) is 4.79 Å². The molecule has 1 fully saturated rings. The van der Waals surface area contributed by atoms with Crippen molar-refractivity contribution < 1.29 is 4.79 Å². The molecule has 0 saturated carbocycles. The van der Waals surface area contributed by atoms with Gasteiger partial charge < -0.3 is 5.32 Å². The molecule has 0 aromatic rings. The van der Waals surface area contributed by atoms with E-state index in [1.165, 1.54) is 0 Å². The SMILES string of the molecule is Cl.O=C(CBr)C1CCCNCC1. The van der Waals surface area contributed by atoms with Crippen LogP contribution in [0.25, 0.3) is 0 Å². The van der Waals surface area contributed by atoms with Crippen LogP contribution in [0, 0.1) is 5.92 Å². The minimum atomic E-state index is 0.